The maximum absolute atomic E-state index is 11.6. The van der Waals surface area contributed by atoms with E-state index in [4.69, 9.17) is 0 Å². The number of carboxylic acids is 1. The van der Waals surface area contributed by atoms with Gasteiger partial charge in [0.15, 0.2) is 0 Å². The molecule has 1 aliphatic carbocycles. The highest BCUT2D eigenvalue weighted by atomic mass is 32.2. The molecular formula is C12H21NO2S. The molecule has 0 amide bonds. The zero-order chi connectivity index (χ0) is 11.8. The fourth-order valence-electron chi connectivity index (χ4n) is 2.32. The topological polar surface area (TPSA) is 49.3 Å². The van der Waals surface area contributed by atoms with Crippen LogP contribution in [-0.4, -0.2) is 34.7 Å². The zero-order valence-electron chi connectivity index (χ0n) is 10.1. The lowest BCUT2D eigenvalue weighted by Gasteiger charge is -2.47. The third kappa shape index (κ3) is 2.09. The third-order valence-electron chi connectivity index (χ3n) is 4.10. The van der Waals surface area contributed by atoms with Gasteiger partial charge in [0.1, 0.15) is 5.54 Å². The predicted octanol–water partition coefficient (Wildman–Crippen LogP) is 1.97. The van der Waals surface area contributed by atoms with Crippen LogP contribution in [0.5, 0.6) is 0 Å². The predicted molar refractivity (Wildman–Crippen MR) is 66.8 cm³/mol. The average Bonchev–Trinajstić information content (AvgIpc) is 2.99. The first-order valence-electron chi connectivity index (χ1n) is 6.04. The fourth-order valence-corrected chi connectivity index (χ4v) is 4.04. The Balaban J connectivity index is 2.13. The molecular weight excluding hydrogens is 222 g/mol. The Labute approximate surface area is 101 Å². The van der Waals surface area contributed by atoms with Gasteiger partial charge in [0.25, 0.3) is 0 Å². The molecule has 1 saturated heterocycles. The fraction of sp³-hybridized carbons (Fsp3) is 0.917. The van der Waals surface area contributed by atoms with E-state index in [1.165, 1.54) is 12.8 Å². The van der Waals surface area contributed by atoms with Crippen molar-refractivity contribution in [3.63, 3.8) is 0 Å². The van der Waals surface area contributed by atoms with Gasteiger partial charge in [0.05, 0.1) is 0 Å². The molecule has 1 atom stereocenters. The molecule has 16 heavy (non-hydrogen) atoms. The third-order valence-corrected chi connectivity index (χ3v) is 5.23. The van der Waals surface area contributed by atoms with Crippen LogP contribution < -0.4 is 5.32 Å². The molecule has 0 aromatic heterocycles. The molecule has 2 aliphatic rings. The van der Waals surface area contributed by atoms with Crippen molar-refractivity contribution in [3.05, 3.63) is 0 Å². The Bertz CT molecular complexity index is 289. The van der Waals surface area contributed by atoms with Crippen LogP contribution in [0.25, 0.3) is 0 Å². The second-order valence-electron chi connectivity index (χ2n) is 5.72. The van der Waals surface area contributed by atoms with Gasteiger partial charge in [-0.3, -0.25) is 4.79 Å². The molecule has 1 saturated carbocycles. The summed E-state index contributed by atoms with van der Waals surface area (Å²) in [5.41, 5.74) is -0.878. The first kappa shape index (κ1) is 12.2. The van der Waals surface area contributed by atoms with Crippen molar-refractivity contribution in [2.75, 3.05) is 18.1 Å². The number of rotatable bonds is 4. The minimum absolute atomic E-state index is 0.154. The monoisotopic (exact) mass is 243 g/mol. The summed E-state index contributed by atoms with van der Waals surface area (Å²) in [4.78, 5) is 11.6. The number of aliphatic carboxylic acids is 1. The average molecular weight is 243 g/mol. The summed E-state index contributed by atoms with van der Waals surface area (Å²) in [6, 6.07) is 0. The van der Waals surface area contributed by atoms with Gasteiger partial charge >= 0.3 is 5.97 Å². The minimum Gasteiger partial charge on any atom is -0.480 e. The van der Waals surface area contributed by atoms with E-state index >= 15 is 0 Å². The van der Waals surface area contributed by atoms with E-state index in [2.05, 4.69) is 19.2 Å². The van der Waals surface area contributed by atoms with Gasteiger partial charge in [-0.2, -0.15) is 11.8 Å². The van der Waals surface area contributed by atoms with E-state index in [0.717, 1.165) is 24.6 Å². The molecule has 0 radical (unpaired) electrons. The van der Waals surface area contributed by atoms with Crippen LogP contribution in [0.3, 0.4) is 0 Å². The molecule has 4 heteroatoms. The summed E-state index contributed by atoms with van der Waals surface area (Å²) in [6.45, 7) is 5.04. The number of carboxylic acid groups (broad SMARTS) is 1. The summed E-state index contributed by atoms with van der Waals surface area (Å²) in [7, 11) is 0. The maximum atomic E-state index is 11.6. The van der Waals surface area contributed by atoms with Crippen LogP contribution in [0, 0.1) is 11.3 Å². The van der Waals surface area contributed by atoms with Crippen LogP contribution in [-0.2, 0) is 4.79 Å². The smallest absolute Gasteiger partial charge is 0.325 e. The van der Waals surface area contributed by atoms with E-state index in [9.17, 15) is 9.90 Å². The van der Waals surface area contributed by atoms with Crippen LogP contribution >= 0.6 is 11.8 Å². The Morgan fingerprint density at radius 2 is 2.19 bits per heavy atom. The van der Waals surface area contributed by atoms with Gasteiger partial charge < -0.3 is 10.4 Å². The summed E-state index contributed by atoms with van der Waals surface area (Å²) in [5.74, 6) is 1.82. The first-order chi connectivity index (χ1) is 7.48. The van der Waals surface area contributed by atoms with Gasteiger partial charge in [0, 0.05) is 5.75 Å². The number of nitrogens with one attached hydrogen (secondary N) is 1. The first-order valence-corrected chi connectivity index (χ1v) is 7.20. The van der Waals surface area contributed by atoms with Crippen molar-refractivity contribution < 1.29 is 9.90 Å². The van der Waals surface area contributed by atoms with Crippen molar-refractivity contribution in [1.82, 2.24) is 5.32 Å². The van der Waals surface area contributed by atoms with E-state index in [1.54, 1.807) is 11.8 Å². The normalized spacial score (nSPS) is 33.6. The van der Waals surface area contributed by atoms with Gasteiger partial charge in [-0.15, -0.1) is 0 Å². The number of hydrogen-bond acceptors (Lipinski definition) is 3. The highest BCUT2D eigenvalue weighted by Gasteiger charge is 2.53. The maximum Gasteiger partial charge on any atom is 0.325 e. The minimum atomic E-state index is -0.724. The van der Waals surface area contributed by atoms with Crippen LogP contribution in [0.15, 0.2) is 0 Å². The van der Waals surface area contributed by atoms with E-state index in [0.29, 0.717) is 5.75 Å². The van der Waals surface area contributed by atoms with Crippen LogP contribution in [0.2, 0.25) is 0 Å². The van der Waals surface area contributed by atoms with Crippen LogP contribution in [0.1, 0.15) is 33.1 Å². The Morgan fingerprint density at radius 1 is 1.50 bits per heavy atom. The lowest BCUT2D eigenvalue weighted by Crippen LogP contribution is -2.65. The van der Waals surface area contributed by atoms with Crippen molar-refractivity contribution in [1.29, 1.82) is 0 Å². The largest absolute Gasteiger partial charge is 0.480 e. The molecule has 0 aromatic carbocycles. The van der Waals surface area contributed by atoms with Crippen molar-refractivity contribution in [2.45, 2.75) is 38.6 Å². The lowest BCUT2D eigenvalue weighted by atomic mass is 9.70. The number of thioether (sulfide) groups is 1. The molecule has 0 aromatic rings. The van der Waals surface area contributed by atoms with Gasteiger partial charge in [-0.1, -0.05) is 13.8 Å². The quantitative estimate of drug-likeness (QED) is 0.792. The molecule has 3 nitrogen and oxygen atoms in total. The molecule has 2 fully saturated rings. The Morgan fingerprint density at radius 3 is 2.69 bits per heavy atom. The van der Waals surface area contributed by atoms with E-state index < -0.39 is 11.5 Å². The Hall–Kier alpha value is -0.220. The van der Waals surface area contributed by atoms with Crippen LogP contribution in [0.4, 0.5) is 0 Å². The highest BCUT2D eigenvalue weighted by molar-refractivity contribution is 7.99. The summed E-state index contributed by atoms with van der Waals surface area (Å²) in [5, 5.41) is 12.9. The zero-order valence-corrected chi connectivity index (χ0v) is 10.9. The van der Waals surface area contributed by atoms with Crippen molar-refractivity contribution in [3.8, 4) is 0 Å². The number of carbonyl (C=O) groups is 1. The molecule has 0 spiro atoms. The highest BCUT2D eigenvalue weighted by Crippen LogP contribution is 2.43. The van der Waals surface area contributed by atoms with Gasteiger partial charge in [-0.05, 0) is 42.9 Å². The SMILES string of the molecule is CC1(C)CCSCC1(NCC1CC1)C(=O)O. The van der Waals surface area contributed by atoms with E-state index in [-0.39, 0.29) is 5.41 Å². The van der Waals surface area contributed by atoms with Gasteiger partial charge in [-0.25, -0.2) is 0 Å². The molecule has 0 bridgehead atoms. The summed E-state index contributed by atoms with van der Waals surface area (Å²) >= 11 is 1.76. The summed E-state index contributed by atoms with van der Waals surface area (Å²) < 4.78 is 0. The van der Waals surface area contributed by atoms with E-state index in [1.807, 2.05) is 0 Å². The molecule has 2 rings (SSSR count). The second-order valence-corrected chi connectivity index (χ2v) is 6.83. The Kier molecular flexibility index (Phi) is 3.23. The lowest BCUT2D eigenvalue weighted by molar-refractivity contribution is -0.149. The summed E-state index contributed by atoms with van der Waals surface area (Å²) in [6.07, 6.45) is 3.49. The standard InChI is InChI=1S/C12H21NO2S/c1-11(2)5-6-16-8-12(11,10(14)15)13-7-9-3-4-9/h9,13H,3-8H2,1-2H3,(H,14,15). The van der Waals surface area contributed by atoms with Gasteiger partial charge in [0.2, 0.25) is 0 Å². The second kappa shape index (κ2) is 4.22. The molecule has 1 aliphatic heterocycles. The van der Waals surface area contributed by atoms with Crippen molar-refractivity contribution >= 4 is 17.7 Å². The molecule has 92 valence electrons. The molecule has 2 N–H and O–H groups in total. The number of hydrogen-bond donors (Lipinski definition) is 2. The molecule has 1 heterocycles. The molecule has 1 unspecified atom stereocenters. The van der Waals surface area contributed by atoms with Crippen molar-refractivity contribution in [2.24, 2.45) is 11.3 Å².